The van der Waals surface area contributed by atoms with Crippen LogP contribution >= 0.6 is 8.25 Å². The Labute approximate surface area is 493 Å². The van der Waals surface area contributed by atoms with E-state index in [2.05, 4.69) is 41.2 Å². The molecule has 458 valence electrons. The summed E-state index contributed by atoms with van der Waals surface area (Å²) in [7, 11) is 2.94. The van der Waals surface area contributed by atoms with Crippen molar-refractivity contribution in [1.82, 2.24) is 29.7 Å². The van der Waals surface area contributed by atoms with E-state index >= 15 is 0 Å². The highest BCUT2D eigenvalue weighted by Gasteiger charge is 2.40. The molecule has 0 saturated heterocycles. The molecule has 2 aromatic heterocycles. The van der Waals surface area contributed by atoms with Crippen LogP contribution in [0.2, 0.25) is 0 Å². The van der Waals surface area contributed by atoms with E-state index in [0.717, 1.165) is 73.6 Å². The number of carbonyl (C=O) groups excluding carboxylic acids is 2. The van der Waals surface area contributed by atoms with Gasteiger partial charge in [0.05, 0.1) is 73.5 Å². The first-order chi connectivity index (χ1) is 41.2. The summed E-state index contributed by atoms with van der Waals surface area (Å²) >= 11 is 0. The number of fused-ring (bicyclic) bond motifs is 2. The lowest BCUT2D eigenvalue weighted by molar-refractivity contribution is -0.138. The van der Waals surface area contributed by atoms with Gasteiger partial charge in [-0.1, -0.05) is 24.3 Å². The lowest BCUT2D eigenvalue weighted by Gasteiger charge is -2.30. The second-order valence-corrected chi connectivity index (χ2v) is 22.7. The molecule has 0 atom stereocenters. The Morgan fingerprint density at radius 2 is 0.942 bits per heavy atom. The van der Waals surface area contributed by atoms with Crippen molar-refractivity contribution in [2.45, 2.75) is 128 Å². The van der Waals surface area contributed by atoms with E-state index < -0.39 is 43.4 Å². The van der Waals surface area contributed by atoms with Gasteiger partial charge in [0.2, 0.25) is 11.9 Å². The summed E-state index contributed by atoms with van der Waals surface area (Å²) in [6, 6.07) is 16.5. The number of amides is 2. The fraction of sp³-hybridized carbons (Fsp3) is 0.433. The minimum absolute atomic E-state index is 0.176. The van der Waals surface area contributed by atoms with Crippen LogP contribution in [0.15, 0.2) is 73.1 Å². The molecular formula is C60H67F6N10O9P. The number of nitrogens with one attached hydrogen (secondary N) is 4. The van der Waals surface area contributed by atoms with Crippen LogP contribution in [0.25, 0.3) is 0 Å². The van der Waals surface area contributed by atoms with Crippen LogP contribution < -0.4 is 30.7 Å². The van der Waals surface area contributed by atoms with E-state index in [1.165, 1.54) is 14.2 Å². The summed E-state index contributed by atoms with van der Waals surface area (Å²) in [5, 5.41) is 11.5. The van der Waals surface area contributed by atoms with Crippen molar-refractivity contribution in [3.8, 4) is 11.5 Å². The van der Waals surface area contributed by atoms with Crippen LogP contribution in [-0.2, 0) is 61.7 Å². The SMILES string of the molecule is CCO[C@H]1CC[C@@H](c2ccc(Nc3nc(Nc4ccc(CO[PH](=O)OCc5ccc(Nc6ncc(C(F)(F)F)c(Nc7ccc([C@H]8CC[C@@H](OCC)CC8)c8c7C(=O)N(C)C8)n6)c(OC)c5)cc4OC)ncc3C(F)(F)F)c3c2CN(C)C3=O)CC1. The first-order valence-electron chi connectivity index (χ1n) is 28.4. The van der Waals surface area contributed by atoms with Gasteiger partial charge in [-0.15, -0.1) is 0 Å². The number of rotatable bonds is 22. The molecule has 26 heteroatoms. The number of hydrogen-bond acceptors (Lipinski definition) is 17. The Bertz CT molecular complexity index is 3280. The molecule has 4 heterocycles. The van der Waals surface area contributed by atoms with Crippen molar-refractivity contribution < 1.29 is 68.5 Å². The molecule has 4 N–H and O–H groups in total. The van der Waals surface area contributed by atoms with Gasteiger partial charge in [-0.25, -0.2) is 9.97 Å². The number of alkyl halides is 6. The quantitative estimate of drug-likeness (QED) is 0.0367. The Kier molecular flexibility index (Phi) is 18.7. The largest absolute Gasteiger partial charge is 0.495 e. The third-order valence-electron chi connectivity index (χ3n) is 16.1. The van der Waals surface area contributed by atoms with Crippen molar-refractivity contribution in [2.24, 2.45) is 0 Å². The Morgan fingerprint density at radius 3 is 1.30 bits per heavy atom. The van der Waals surface area contributed by atoms with Crippen LogP contribution in [0.3, 0.4) is 0 Å². The first kappa shape index (κ1) is 61.5. The van der Waals surface area contributed by atoms with Crippen molar-refractivity contribution in [1.29, 1.82) is 0 Å². The summed E-state index contributed by atoms with van der Waals surface area (Å²) in [4.78, 5) is 46.6. The number of ether oxygens (including phenoxy) is 4. The number of halogens is 6. The highest BCUT2D eigenvalue weighted by Crippen LogP contribution is 2.46. The van der Waals surface area contributed by atoms with Gasteiger partial charge in [0, 0.05) is 52.8 Å². The number of anilines is 8. The maximum atomic E-state index is 14.5. The topological polar surface area (TPSA) is 213 Å². The number of nitrogens with zero attached hydrogens (tertiary/aromatic N) is 6. The van der Waals surface area contributed by atoms with Crippen LogP contribution in [-0.4, -0.2) is 95.3 Å². The second kappa shape index (κ2) is 26.2. The van der Waals surface area contributed by atoms with Crippen LogP contribution in [0.1, 0.15) is 142 Å². The van der Waals surface area contributed by atoms with Crippen LogP contribution in [0.4, 0.5) is 72.6 Å². The maximum Gasteiger partial charge on any atom is 0.421 e. The third-order valence-corrected chi connectivity index (χ3v) is 16.8. The average Bonchev–Trinajstić information content (AvgIpc) is 1.72. The normalized spacial score (nSPS) is 19.1. The zero-order chi connectivity index (χ0) is 61.0. The lowest BCUT2D eigenvalue weighted by Crippen LogP contribution is -2.21. The highest BCUT2D eigenvalue weighted by molar-refractivity contribution is 7.33. The summed E-state index contributed by atoms with van der Waals surface area (Å²) in [6.07, 6.45) is -1.09. The predicted octanol–water partition coefficient (Wildman–Crippen LogP) is 13.7. The van der Waals surface area contributed by atoms with Crippen molar-refractivity contribution in [3.05, 3.63) is 129 Å². The van der Waals surface area contributed by atoms with E-state index in [0.29, 0.717) is 61.0 Å². The Balaban J connectivity index is 0.772. The first-order valence-corrected chi connectivity index (χ1v) is 29.6. The molecule has 86 heavy (non-hydrogen) atoms. The molecule has 6 aromatic rings. The van der Waals surface area contributed by atoms with Crippen molar-refractivity contribution >= 4 is 66.4 Å². The highest BCUT2D eigenvalue weighted by atomic mass is 31.1. The molecule has 4 aliphatic rings. The Hall–Kier alpha value is -7.57. The van der Waals surface area contributed by atoms with E-state index in [1.807, 2.05) is 26.0 Å². The number of hydrogen-bond donors (Lipinski definition) is 4. The van der Waals surface area contributed by atoms with Crippen LogP contribution in [0.5, 0.6) is 11.5 Å². The molecule has 2 fully saturated rings. The fourth-order valence-corrected chi connectivity index (χ4v) is 12.5. The summed E-state index contributed by atoms with van der Waals surface area (Å²) in [6.45, 7) is 5.44. The van der Waals surface area contributed by atoms with E-state index in [1.54, 1.807) is 72.4 Å². The molecule has 4 aromatic carbocycles. The molecule has 2 aliphatic carbocycles. The molecule has 2 amide bonds. The van der Waals surface area contributed by atoms with E-state index in [9.17, 15) is 40.5 Å². The fourth-order valence-electron chi connectivity index (χ4n) is 11.9. The molecule has 2 saturated carbocycles. The molecular weight excluding hydrogens is 1150 g/mol. The summed E-state index contributed by atoms with van der Waals surface area (Å²) in [5.41, 5.74) is 3.80. The molecule has 0 unspecified atom stereocenters. The lowest BCUT2D eigenvalue weighted by atomic mass is 9.80. The zero-order valence-corrected chi connectivity index (χ0v) is 49.3. The van der Waals surface area contributed by atoms with Gasteiger partial charge >= 0.3 is 20.6 Å². The number of aromatic nitrogens is 4. The minimum Gasteiger partial charge on any atom is -0.495 e. The molecule has 0 spiro atoms. The van der Waals surface area contributed by atoms with Crippen molar-refractivity contribution in [2.75, 3.05) is 62.8 Å². The van der Waals surface area contributed by atoms with Crippen LogP contribution in [0, 0.1) is 0 Å². The molecule has 10 rings (SSSR count). The Morgan fingerprint density at radius 1 is 0.558 bits per heavy atom. The van der Waals surface area contributed by atoms with Gasteiger partial charge in [-0.3, -0.25) is 14.2 Å². The second-order valence-electron chi connectivity index (χ2n) is 21.6. The molecule has 2 aliphatic heterocycles. The summed E-state index contributed by atoms with van der Waals surface area (Å²) < 4.78 is 134. The summed E-state index contributed by atoms with van der Waals surface area (Å²) in [5.74, 6) is -1.39. The maximum absolute atomic E-state index is 14.5. The number of methoxy groups -OCH3 is 2. The monoisotopic (exact) mass is 1220 g/mol. The zero-order valence-electron chi connectivity index (χ0n) is 48.3. The standard InChI is InChI=1S/C60H67F6N10O9P/c1-7-82-37-15-11-35(12-16-37)39-19-23-47(51-41(39)29-75(3)55(51)77)69-53-43(59(61,62)63)27-67-57(73-53)71-45-21-9-33(25-49(45)80-5)31-84-86(79)85-32-34-10-22-46(50(26-34)81-6)72-58-68-28-44(60(64,65)66)54(74-58)70-48-24-20-40(42-30-76(4)56(78)52(42)48)36-13-17-38(18-14-36)83-8-2/h9-10,19-28,35-38,86H,7-8,11-18,29-32H2,1-6H3,(H2,67,69,71,73)(H2,68,70,72,74)/t35-,36-,37+,38+. The minimum atomic E-state index is -4.85. The molecule has 0 bridgehead atoms. The smallest absolute Gasteiger partial charge is 0.421 e. The number of benzene rings is 4. The van der Waals surface area contributed by atoms with Gasteiger partial charge < -0.3 is 59.1 Å². The number of carbonyl (C=O) groups is 2. The average molecular weight is 1220 g/mol. The van der Waals surface area contributed by atoms with Gasteiger partial charge in [-0.2, -0.15) is 36.3 Å². The van der Waals surface area contributed by atoms with Gasteiger partial charge in [0.15, 0.2) is 0 Å². The third kappa shape index (κ3) is 13.7. The van der Waals surface area contributed by atoms with Gasteiger partial charge in [0.25, 0.3) is 11.8 Å². The van der Waals surface area contributed by atoms with E-state index in [-0.39, 0.29) is 95.2 Å². The van der Waals surface area contributed by atoms with Gasteiger partial charge in [0.1, 0.15) is 34.3 Å². The molecule has 19 nitrogen and oxygen atoms in total. The predicted molar refractivity (Wildman–Crippen MR) is 309 cm³/mol. The molecule has 0 radical (unpaired) electrons. The van der Waals surface area contributed by atoms with Gasteiger partial charge in [-0.05, 0) is 147 Å². The van der Waals surface area contributed by atoms with Crippen molar-refractivity contribution in [3.63, 3.8) is 0 Å². The van der Waals surface area contributed by atoms with E-state index in [4.69, 9.17) is 28.0 Å².